The normalized spacial score (nSPS) is 18.3. The molecule has 2 nitrogen and oxygen atoms in total. The van der Waals surface area contributed by atoms with Gasteiger partial charge in [-0.1, -0.05) is 40.4 Å². The van der Waals surface area contributed by atoms with Gasteiger partial charge in [0.25, 0.3) is 5.91 Å². The highest BCUT2D eigenvalue weighted by Gasteiger charge is 2.35. The van der Waals surface area contributed by atoms with Crippen molar-refractivity contribution in [2.24, 2.45) is 0 Å². The van der Waals surface area contributed by atoms with Crippen LogP contribution in [0.15, 0.2) is 5.38 Å². The smallest absolute Gasteiger partial charge is 0.263 e. The molecule has 0 radical (unpaired) electrons. The third-order valence-electron chi connectivity index (χ3n) is 3.30. The second-order valence-corrected chi connectivity index (χ2v) is 6.46. The lowest BCUT2D eigenvalue weighted by Gasteiger charge is -2.27. The number of nitrogens with one attached hydrogen (secondary N) is 1. The lowest BCUT2D eigenvalue weighted by atomic mass is 10.0. The van der Waals surface area contributed by atoms with Crippen LogP contribution in [0.25, 0.3) is 0 Å². The summed E-state index contributed by atoms with van der Waals surface area (Å²) in [5.41, 5.74) is 0.902. The molecule has 0 unspecified atom stereocenters. The summed E-state index contributed by atoms with van der Waals surface area (Å²) in [6.45, 7) is 1.92. The fourth-order valence-electron chi connectivity index (χ4n) is 2.22. The average molecular weight is 337 g/mol. The molecule has 2 rings (SSSR count). The van der Waals surface area contributed by atoms with Gasteiger partial charge in [-0.05, 0) is 30.7 Å². The molecular formula is C12H15BrClNOS. The summed E-state index contributed by atoms with van der Waals surface area (Å²) in [6.07, 6.45) is 4.46. The Morgan fingerprint density at radius 2 is 2.24 bits per heavy atom. The molecule has 0 saturated heterocycles. The van der Waals surface area contributed by atoms with E-state index in [0.717, 1.165) is 23.7 Å². The number of rotatable bonds is 3. The minimum absolute atomic E-state index is 0.0329. The largest absolute Gasteiger partial charge is 0.345 e. The van der Waals surface area contributed by atoms with Crippen molar-refractivity contribution in [3.8, 4) is 0 Å². The van der Waals surface area contributed by atoms with Gasteiger partial charge in [0, 0.05) is 5.33 Å². The van der Waals surface area contributed by atoms with E-state index in [0.29, 0.717) is 9.90 Å². The van der Waals surface area contributed by atoms with Gasteiger partial charge < -0.3 is 5.32 Å². The van der Waals surface area contributed by atoms with Gasteiger partial charge in [-0.2, -0.15) is 0 Å². The summed E-state index contributed by atoms with van der Waals surface area (Å²) in [4.78, 5) is 12.8. The predicted molar refractivity (Wildman–Crippen MR) is 76.5 cm³/mol. The Morgan fingerprint density at radius 1 is 1.59 bits per heavy atom. The SMILES string of the molecule is Cc1csc(C(=O)NC2(CBr)CCCC2)c1Cl. The Bertz CT molecular complexity index is 426. The number of aryl methyl sites for hydroxylation is 1. The molecule has 0 atom stereocenters. The van der Waals surface area contributed by atoms with Crippen LogP contribution >= 0.6 is 38.9 Å². The molecule has 0 aliphatic heterocycles. The number of alkyl halides is 1. The highest BCUT2D eigenvalue weighted by Crippen LogP contribution is 2.33. The van der Waals surface area contributed by atoms with Gasteiger partial charge in [-0.25, -0.2) is 0 Å². The summed E-state index contributed by atoms with van der Waals surface area (Å²) < 4.78 is 0. The number of amides is 1. The maximum absolute atomic E-state index is 12.2. The van der Waals surface area contributed by atoms with Crippen LogP contribution < -0.4 is 5.32 Å². The van der Waals surface area contributed by atoms with Crippen molar-refractivity contribution in [1.82, 2.24) is 5.32 Å². The highest BCUT2D eigenvalue weighted by atomic mass is 79.9. The third kappa shape index (κ3) is 2.69. The Kier molecular flexibility index (Phi) is 4.16. The number of hydrogen-bond acceptors (Lipinski definition) is 2. The molecule has 1 N–H and O–H groups in total. The molecule has 5 heteroatoms. The molecular weight excluding hydrogens is 322 g/mol. The van der Waals surface area contributed by atoms with E-state index in [1.165, 1.54) is 24.2 Å². The zero-order chi connectivity index (χ0) is 12.5. The van der Waals surface area contributed by atoms with E-state index in [4.69, 9.17) is 11.6 Å². The zero-order valence-electron chi connectivity index (χ0n) is 9.69. The second kappa shape index (κ2) is 5.29. The monoisotopic (exact) mass is 335 g/mol. The fraction of sp³-hybridized carbons (Fsp3) is 0.583. The molecule has 0 bridgehead atoms. The quantitative estimate of drug-likeness (QED) is 0.826. The summed E-state index contributed by atoms with van der Waals surface area (Å²) in [5.74, 6) is -0.0329. The molecule has 1 saturated carbocycles. The number of carbonyl (C=O) groups excluding carboxylic acids is 1. The minimum Gasteiger partial charge on any atom is -0.345 e. The van der Waals surface area contributed by atoms with Crippen molar-refractivity contribution in [2.75, 3.05) is 5.33 Å². The predicted octanol–water partition coefficient (Wildman–Crippen LogP) is 4.15. The van der Waals surface area contributed by atoms with Crippen LogP contribution in [0.4, 0.5) is 0 Å². The van der Waals surface area contributed by atoms with Crippen LogP contribution in [0.2, 0.25) is 5.02 Å². The fourth-order valence-corrected chi connectivity index (χ4v) is 4.10. The number of hydrogen-bond donors (Lipinski definition) is 1. The van der Waals surface area contributed by atoms with E-state index in [1.807, 2.05) is 12.3 Å². The Balaban J connectivity index is 2.13. The van der Waals surface area contributed by atoms with Crippen molar-refractivity contribution in [3.05, 3.63) is 20.8 Å². The molecule has 17 heavy (non-hydrogen) atoms. The van der Waals surface area contributed by atoms with Gasteiger partial charge in [0.1, 0.15) is 4.88 Å². The van der Waals surface area contributed by atoms with Crippen molar-refractivity contribution in [3.63, 3.8) is 0 Å². The number of thiophene rings is 1. The van der Waals surface area contributed by atoms with E-state index >= 15 is 0 Å². The number of halogens is 2. The topological polar surface area (TPSA) is 29.1 Å². The molecule has 1 aromatic heterocycles. The number of carbonyl (C=O) groups is 1. The first-order valence-electron chi connectivity index (χ1n) is 5.70. The van der Waals surface area contributed by atoms with Crippen molar-refractivity contribution in [2.45, 2.75) is 38.1 Å². The van der Waals surface area contributed by atoms with Crippen LogP contribution in [0, 0.1) is 6.92 Å². The summed E-state index contributed by atoms with van der Waals surface area (Å²) in [7, 11) is 0. The molecule has 0 spiro atoms. The van der Waals surface area contributed by atoms with Crippen molar-refractivity contribution < 1.29 is 4.79 Å². The van der Waals surface area contributed by atoms with Gasteiger partial charge in [0.05, 0.1) is 10.6 Å². The van der Waals surface area contributed by atoms with Gasteiger partial charge >= 0.3 is 0 Å². The molecule has 0 aromatic carbocycles. The van der Waals surface area contributed by atoms with Crippen molar-refractivity contribution >= 4 is 44.8 Å². The zero-order valence-corrected chi connectivity index (χ0v) is 12.8. The van der Waals surface area contributed by atoms with Gasteiger partial charge in [0.15, 0.2) is 0 Å². The van der Waals surface area contributed by atoms with Gasteiger partial charge in [-0.15, -0.1) is 11.3 Å². The first kappa shape index (κ1) is 13.4. The highest BCUT2D eigenvalue weighted by molar-refractivity contribution is 9.09. The third-order valence-corrected chi connectivity index (χ3v) is 6.07. The maximum Gasteiger partial charge on any atom is 0.263 e. The molecule has 94 valence electrons. The van der Waals surface area contributed by atoms with E-state index in [9.17, 15) is 4.79 Å². The van der Waals surface area contributed by atoms with E-state index < -0.39 is 0 Å². The molecule has 1 aliphatic rings. The summed E-state index contributed by atoms with van der Waals surface area (Å²) in [6, 6.07) is 0. The van der Waals surface area contributed by atoms with Crippen molar-refractivity contribution in [1.29, 1.82) is 0 Å². The summed E-state index contributed by atoms with van der Waals surface area (Å²) in [5, 5.41) is 6.48. The minimum atomic E-state index is -0.0711. The Morgan fingerprint density at radius 3 is 2.71 bits per heavy atom. The van der Waals surface area contributed by atoms with Gasteiger partial charge in [0.2, 0.25) is 0 Å². The molecule has 1 aliphatic carbocycles. The summed E-state index contributed by atoms with van der Waals surface area (Å²) >= 11 is 11.0. The second-order valence-electron chi connectivity index (χ2n) is 4.64. The van der Waals surface area contributed by atoms with Crippen LogP contribution in [0.1, 0.15) is 40.9 Å². The average Bonchev–Trinajstić information content (AvgIpc) is 2.89. The first-order chi connectivity index (χ1) is 8.08. The molecule has 1 amide bonds. The molecule has 1 heterocycles. The standard InChI is InChI=1S/C12H15BrClNOS/c1-8-6-17-10(9(8)14)11(16)15-12(7-13)4-2-3-5-12/h6H,2-5,7H2,1H3,(H,15,16). The van der Waals surface area contributed by atoms with Crippen LogP contribution in [-0.4, -0.2) is 16.8 Å². The lowest BCUT2D eigenvalue weighted by molar-refractivity contribution is 0.0914. The first-order valence-corrected chi connectivity index (χ1v) is 8.08. The van der Waals surface area contributed by atoms with Gasteiger partial charge in [-0.3, -0.25) is 4.79 Å². The van der Waals surface area contributed by atoms with E-state index in [-0.39, 0.29) is 11.4 Å². The Labute approximate surface area is 119 Å². The Hall–Kier alpha value is -0.0600. The molecule has 1 aromatic rings. The molecule has 1 fully saturated rings. The van der Waals surface area contributed by atoms with Crippen LogP contribution in [-0.2, 0) is 0 Å². The lowest BCUT2D eigenvalue weighted by Crippen LogP contribution is -2.47. The van der Waals surface area contributed by atoms with E-state index in [2.05, 4.69) is 21.2 Å². The van der Waals surface area contributed by atoms with Crippen LogP contribution in [0.5, 0.6) is 0 Å². The van der Waals surface area contributed by atoms with E-state index in [1.54, 1.807) is 0 Å². The van der Waals surface area contributed by atoms with Crippen LogP contribution in [0.3, 0.4) is 0 Å². The maximum atomic E-state index is 12.2.